The van der Waals surface area contributed by atoms with Crippen LogP contribution in [0.25, 0.3) is 22.0 Å². The van der Waals surface area contributed by atoms with Gasteiger partial charge in [0.2, 0.25) is 0 Å². The third-order valence-electron chi connectivity index (χ3n) is 5.68. The molecule has 1 unspecified atom stereocenters. The van der Waals surface area contributed by atoms with Crippen LogP contribution in [0, 0.1) is 5.92 Å². The van der Waals surface area contributed by atoms with Crippen LogP contribution >= 0.6 is 11.3 Å². The highest BCUT2D eigenvalue weighted by molar-refractivity contribution is 7.14. The van der Waals surface area contributed by atoms with Gasteiger partial charge in [-0.15, -0.1) is 10.2 Å². The van der Waals surface area contributed by atoms with E-state index in [1.54, 1.807) is 10.9 Å². The second-order valence-electron chi connectivity index (χ2n) is 7.81. The van der Waals surface area contributed by atoms with Crippen molar-refractivity contribution >= 4 is 17.1 Å². The largest absolute Gasteiger partial charge is 0.292 e. The van der Waals surface area contributed by atoms with Gasteiger partial charge in [0, 0.05) is 32.0 Å². The molecule has 1 aliphatic heterocycles. The van der Waals surface area contributed by atoms with Gasteiger partial charge in [0.15, 0.2) is 16.6 Å². The van der Waals surface area contributed by atoms with Crippen molar-refractivity contribution in [2.24, 2.45) is 13.0 Å². The summed E-state index contributed by atoms with van der Waals surface area (Å²) in [4.78, 5) is 18.0. The lowest BCUT2D eigenvalue weighted by Gasteiger charge is -2.21. The molecule has 31 heavy (non-hydrogen) atoms. The number of nitrogens with zero attached hydrogens (tertiary/aromatic N) is 7. The highest BCUT2D eigenvalue weighted by atomic mass is 32.1. The number of rotatable bonds is 6. The van der Waals surface area contributed by atoms with Crippen molar-refractivity contribution in [1.29, 1.82) is 0 Å². The van der Waals surface area contributed by atoms with Gasteiger partial charge in [-0.1, -0.05) is 48.6 Å². The van der Waals surface area contributed by atoms with Gasteiger partial charge in [0.05, 0.1) is 11.8 Å². The van der Waals surface area contributed by atoms with Gasteiger partial charge in [-0.05, 0) is 18.8 Å². The molecule has 1 aliphatic rings. The van der Waals surface area contributed by atoms with Crippen LogP contribution in [0.3, 0.4) is 0 Å². The fraction of sp³-hybridized carbons (Fsp3) is 0.364. The number of carbonyl (C=O) groups is 1. The molecular weight excluding hydrogens is 410 g/mol. The van der Waals surface area contributed by atoms with E-state index >= 15 is 0 Å². The minimum Gasteiger partial charge on any atom is -0.292 e. The lowest BCUT2D eigenvalue weighted by Crippen LogP contribution is -2.23. The van der Waals surface area contributed by atoms with Crippen LogP contribution in [0.15, 0.2) is 36.5 Å². The molecule has 3 aromatic heterocycles. The van der Waals surface area contributed by atoms with Crippen molar-refractivity contribution in [1.82, 2.24) is 34.7 Å². The number of Topliss-reactive ketones (excluding diaryl/α,β-unsaturated/α-hetero) is 1. The normalized spacial score (nSPS) is 15.7. The topological polar surface area (TPSA) is 91.4 Å². The maximum atomic E-state index is 13.3. The van der Waals surface area contributed by atoms with Gasteiger partial charge >= 0.3 is 0 Å². The molecule has 0 radical (unpaired) electrons. The van der Waals surface area contributed by atoms with Crippen LogP contribution in [0.2, 0.25) is 0 Å². The first-order chi connectivity index (χ1) is 15.1. The lowest BCUT2D eigenvalue weighted by molar-refractivity contribution is 0.0944. The van der Waals surface area contributed by atoms with Crippen LogP contribution in [0.4, 0.5) is 0 Å². The summed E-state index contributed by atoms with van der Waals surface area (Å²) in [7, 11) is 1.81. The number of carbonyl (C=O) groups excluding carboxylic acids is 1. The van der Waals surface area contributed by atoms with Crippen LogP contribution in [0.1, 0.15) is 41.1 Å². The van der Waals surface area contributed by atoms with E-state index in [2.05, 4.69) is 20.4 Å². The van der Waals surface area contributed by atoms with E-state index in [0.29, 0.717) is 12.1 Å². The number of fused-ring (bicyclic) bond motifs is 1. The molecule has 0 aliphatic carbocycles. The molecule has 9 heteroatoms. The molecule has 0 N–H and O–H groups in total. The standard InChI is InChI=1S/C22H23N7OS/c1-3-19-25-26-22(31-19)16-13-23-28(2)20(16)17(30)11-14-9-10-29-18(12-14)24-21(27-29)15-7-5-4-6-8-15/h4-8,13-14H,3,9-12H2,1-2H3. The molecule has 0 saturated heterocycles. The second-order valence-corrected chi connectivity index (χ2v) is 8.87. The van der Waals surface area contributed by atoms with Crippen molar-refractivity contribution in [3.63, 3.8) is 0 Å². The summed E-state index contributed by atoms with van der Waals surface area (Å²) < 4.78 is 3.63. The Hall–Kier alpha value is -3.20. The Morgan fingerprint density at radius 2 is 2.06 bits per heavy atom. The van der Waals surface area contributed by atoms with Crippen LogP contribution in [-0.2, 0) is 26.4 Å². The minimum atomic E-state index is 0.0875. The molecule has 4 aromatic rings. The maximum Gasteiger partial charge on any atom is 0.181 e. The summed E-state index contributed by atoms with van der Waals surface area (Å²) in [5, 5.41) is 19.1. The zero-order chi connectivity index (χ0) is 21.4. The third kappa shape index (κ3) is 3.81. The smallest absolute Gasteiger partial charge is 0.181 e. The molecule has 4 heterocycles. The lowest BCUT2D eigenvalue weighted by atomic mass is 9.91. The van der Waals surface area contributed by atoms with Crippen LogP contribution in [-0.4, -0.2) is 40.5 Å². The minimum absolute atomic E-state index is 0.0875. The average molecular weight is 434 g/mol. The molecule has 8 nitrogen and oxygen atoms in total. The fourth-order valence-electron chi connectivity index (χ4n) is 4.04. The Bertz CT molecular complexity index is 1220. The van der Waals surface area contributed by atoms with Crippen molar-refractivity contribution in [2.75, 3.05) is 0 Å². The number of ketones is 1. The Morgan fingerprint density at radius 3 is 2.84 bits per heavy atom. The Morgan fingerprint density at radius 1 is 1.23 bits per heavy atom. The van der Waals surface area contributed by atoms with E-state index in [1.807, 2.05) is 49.0 Å². The van der Waals surface area contributed by atoms with Crippen LogP contribution in [0.5, 0.6) is 0 Å². The highest BCUT2D eigenvalue weighted by Crippen LogP contribution is 2.30. The molecule has 1 aromatic carbocycles. The highest BCUT2D eigenvalue weighted by Gasteiger charge is 2.28. The number of hydrogen-bond donors (Lipinski definition) is 0. The van der Waals surface area contributed by atoms with Gasteiger partial charge in [-0.2, -0.15) is 10.2 Å². The molecular formula is C22H23N7OS. The number of benzene rings is 1. The second kappa shape index (κ2) is 8.14. The van der Waals surface area contributed by atoms with E-state index in [-0.39, 0.29) is 11.7 Å². The summed E-state index contributed by atoms with van der Waals surface area (Å²) in [6, 6.07) is 10.00. The molecule has 158 valence electrons. The SMILES string of the molecule is CCc1nnc(-c2cnn(C)c2C(=O)CC2CCn3nc(-c4ccccc4)nc3C2)s1. The summed E-state index contributed by atoms with van der Waals surface area (Å²) in [5.41, 5.74) is 2.39. The van der Waals surface area contributed by atoms with Crippen molar-refractivity contribution in [3.05, 3.63) is 53.1 Å². The van der Waals surface area contributed by atoms with Gasteiger partial charge in [-0.3, -0.25) is 9.48 Å². The Kier molecular flexibility index (Phi) is 5.19. The van der Waals surface area contributed by atoms with E-state index < -0.39 is 0 Å². The predicted molar refractivity (Wildman–Crippen MR) is 118 cm³/mol. The Balaban J connectivity index is 1.34. The first kappa shape index (κ1) is 19.7. The number of hydrogen-bond acceptors (Lipinski definition) is 7. The first-order valence-electron chi connectivity index (χ1n) is 10.5. The number of aromatic nitrogens is 7. The van der Waals surface area contributed by atoms with Gasteiger partial charge in [-0.25, -0.2) is 9.67 Å². The molecule has 0 amide bonds. The number of aryl methyl sites for hydroxylation is 3. The molecule has 0 fully saturated rings. The van der Waals surface area contributed by atoms with Crippen molar-refractivity contribution < 1.29 is 4.79 Å². The summed E-state index contributed by atoms with van der Waals surface area (Å²) in [6.07, 6.45) is 4.66. The van der Waals surface area contributed by atoms with E-state index in [4.69, 9.17) is 4.98 Å². The summed E-state index contributed by atoms with van der Waals surface area (Å²) in [6.45, 7) is 2.83. The van der Waals surface area contributed by atoms with E-state index in [1.165, 1.54) is 11.3 Å². The Labute approximate surface area is 184 Å². The van der Waals surface area contributed by atoms with Crippen molar-refractivity contribution in [2.45, 2.75) is 39.2 Å². The fourth-order valence-corrected chi connectivity index (χ4v) is 4.83. The molecule has 0 spiro atoms. The maximum absolute atomic E-state index is 13.3. The average Bonchev–Trinajstić information content (AvgIpc) is 3.51. The predicted octanol–water partition coefficient (Wildman–Crippen LogP) is 3.59. The quantitative estimate of drug-likeness (QED) is 0.432. The van der Waals surface area contributed by atoms with Crippen molar-refractivity contribution in [3.8, 4) is 22.0 Å². The summed E-state index contributed by atoms with van der Waals surface area (Å²) >= 11 is 1.52. The monoisotopic (exact) mass is 433 g/mol. The third-order valence-corrected chi connectivity index (χ3v) is 6.78. The zero-order valence-corrected chi connectivity index (χ0v) is 18.3. The van der Waals surface area contributed by atoms with E-state index in [9.17, 15) is 4.79 Å². The van der Waals surface area contributed by atoms with Crippen LogP contribution < -0.4 is 0 Å². The van der Waals surface area contributed by atoms with Gasteiger partial charge < -0.3 is 0 Å². The summed E-state index contributed by atoms with van der Waals surface area (Å²) in [5.74, 6) is 2.02. The molecule has 0 saturated carbocycles. The van der Waals surface area contributed by atoms with Gasteiger partial charge in [0.25, 0.3) is 0 Å². The molecule has 0 bridgehead atoms. The molecule has 1 atom stereocenters. The molecule has 5 rings (SSSR count). The van der Waals surface area contributed by atoms with E-state index in [0.717, 1.165) is 58.6 Å². The van der Waals surface area contributed by atoms with Gasteiger partial charge in [0.1, 0.15) is 16.5 Å². The zero-order valence-electron chi connectivity index (χ0n) is 17.5. The first-order valence-corrected chi connectivity index (χ1v) is 11.3.